The topological polar surface area (TPSA) is 96.4 Å². The highest BCUT2D eigenvalue weighted by molar-refractivity contribution is 5.71. The average Bonchev–Trinajstić information content (AvgIpc) is 3.40. The molecule has 188 valence electrons. The van der Waals surface area contributed by atoms with Crippen molar-refractivity contribution < 1.29 is 9.90 Å². The molecule has 35 heavy (non-hydrogen) atoms. The van der Waals surface area contributed by atoms with Crippen LogP contribution in [0, 0.1) is 13.8 Å². The number of likely N-dealkylation sites (tertiary alicyclic amines) is 1. The van der Waals surface area contributed by atoms with Gasteiger partial charge in [0.25, 0.3) is 6.47 Å². The first-order chi connectivity index (χ1) is 16.9. The van der Waals surface area contributed by atoms with E-state index in [1.165, 1.54) is 40.7 Å². The van der Waals surface area contributed by atoms with Crippen molar-refractivity contribution in [1.29, 1.82) is 0 Å². The molecule has 4 N–H and O–H groups in total. The molecule has 2 atom stereocenters. The standard InChI is InChI=1S/C27H37N5.CH2O2/c1-5-24(25-11-12-26(29-4)27(28)20(25)3)21-10-9-19(2)22(16-21)17-31-14-6-8-23(18-31)32-15-7-13-30-32;2-1-3/h7,9-13,15-16,23-24,29H,5-6,8,14,17-18,28H2,1-4H3;1H,(H,2,3). The van der Waals surface area contributed by atoms with Crippen LogP contribution in [0.25, 0.3) is 0 Å². The summed E-state index contributed by atoms with van der Waals surface area (Å²) in [6.45, 7) is 9.61. The minimum atomic E-state index is -0.250. The third-order valence-corrected chi connectivity index (χ3v) is 7.16. The largest absolute Gasteiger partial charge is 0.483 e. The van der Waals surface area contributed by atoms with Gasteiger partial charge < -0.3 is 16.2 Å². The highest BCUT2D eigenvalue weighted by atomic mass is 16.3. The Bertz CT molecular complexity index is 1100. The molecule has 2 aromatic carbocycles. The number of piperidine rings is 1. The van der Waals surface area contributed by atoms with E-state index in [-0.39, 0.29) is 6.47 Å². The summed E-state index contributed by atoms with van der Waals surface area (Å²) in [6, 6.07) is 13.9. The summed E-state index contributed by atoms with van der Waals surface area (Å²) in [5, 5.41) is 14.6. The predicted octanol–water partition coefficient (Wildman–Crippen LogP) is 5.20. The smallest absolute Gasteiger partial charge is 0.290 e. The molecule has 1 aliphatic heterocycles. The number of nitrogens with two attached hydrogens (primary N) is 1. The number of aromatic nitrogens is 2. The van der Waals surface area contributed by atoms with Crippen LogP contribution in [-0.4, -0.2) is 46.4 Å². The van der Waals surface area contributed by atoms with Crippen LogP contribution in [-0.2, 0) is 11.3 Å². The van der Waals surface area contributed by atoms with E-state index in [1.807, 2.05) is 19.3 Å². The first-order valence-electron chi connectivity index (χ1n) is 12.4. The lowest BCUT2D eigenvalue weighted by Gasteiger charge is -2.33. The van der Waals surface area contributed by atoms with Gasteiger partial charge in [-0.2, -0.15) is 5.10 Å². The van der Waals surface area contributed by atoms with E-state index in [2.05, 4.69) is 77.3 Å². The zero-order chi connectivity index (χ0) is 25.4. The molecule has 4 rings (SSSR count). The quantitative estimate of drug-likeness (QED) is 0.320. The molecular formula is C28H39N5O2. The summed E-state index contributed by atoms with van der Waals surface area (Å²) in [7, 11) is 1.92. The zero-order valence-electron chi connectivity index (χ0n) is 21.4. The molecule has 0 spiro atoms. The van der Waals surface area contributed by atoms with Gasteiger partial charge in [0.2, 0.25) is 0 Å². The van der Waals surface area contributed by atoms with E-state index in [0.29, 0.717) is 12.0 Å². The fraction of sp³-hybridized carbons (Fsp3) is 0.429. The Morgan fingerprint density at radius 3 is 2.71 bits per heavy atom. The predicted molar refractivity (Wildman–Crippen MR) is 143 cm³/mol. The lowest BCUT2D eigenvalue weighted by Crippen LogP contribution is -2.36. The number of nitrogens with zero attached hydrogens (tertiary/aromatic N) is 3. The Balaban J connectivity index is 0.00000108. The molecule has 3 aromatic rings. The highest BCUT2D eigenvalue weighted by Gasteiger charge is 2.23. The third kappa shape index (κ3) is 6.22. The van der Waals surface area contributed by atoms with E-state index in [0.717, 1.165) is 37.4 Å². The number of rotatable bonds is 7. The lowest BCUT2D eigenvalue weighted by molar-refractivity contribution is -0.122. The van der Waals surface area contributed by atoms with E-state index in [1.54, 1.807) is 0 Å². The molecule has 2 unspecified atom stereocenters. The minimum absolute atomic E-state index is 0.250. The van der Waals surface area contributed by atoms with E-state index < -0.39 is 0 Å². The molecule has 0 bridgehead atoms. The average molecular weight is 478 g/mol. The molecule has 0 aliphatic carbocycles. The number of carboxylic acid groups (broad SMARTS) is 1. The summed E-state index contributed by atoms with van der Waals surface area (Å²) in [5.74, 6) is 0.348. The monoisotopic (exact) mass is 477 g/mol. The maximum absolute atomic E-state index is 8.36. The summed E-state index contributed by atoms with van der Waals surface area (Å²) in [5.41, 5.74) is 15.0. The zero-order valence-corrected chi connectivity index (χ0v) is 21.4. The fourth-order valence-corrected chi connectivity index (χ4v) is 5.18. The molecule has 1 aromatic heterocycles. The number of hydrogen-bond donors (Lipinski definition) is 3. The van der Waals surface area contributed by atoms with E-state index >= 15 is 0 Å². The van der Waals surface area contributed by atoms with E-state index in [4.69, 9.17) is 15.6 Å². The van der Waals surface area contributed by atoms with Crippen LogP contribution in [0.1, 0.15) is 66.0 Å². The first-order valence-corrected chi connectivity index (χ1v) is 12.4. The molecule has 1 saturated heterocycles. The number of carbonyl (C=O) groups is 1. The maximum atomic E-state index is 8.36. The second-order valence-electron chi connectivity index (χ2n) is 9.26. The molecule has 0 saturated carbocycles. The maximum Gasteiger partial charge on any atom is 0.290 e. The van der Waals surface area contributed by atoms with Crippen molar-refractivity contribution >= 4 is 17.8 Å². The molecule has 2 heterocycles. The number of hydrogen-bond acceptors (Lipinski definition) is 5. The fourth-order valence-electron chi connectivity index (χ4n) is 5.18. The van der Waals surface area contributed by atoms with Gasteiger partial charge in [-0.05, 0) is 79.6 Å². The molecular weight excluding hydrogens is 438 g/mol. The lowest BCUT2D eigenvalue weighted by atomic mass is 9.84. The van der Waals surface area contributed by atoms with Crippen LogP contribution >= 0.6 is 0 Å². The summed E-state index contributed by atoms with van der Waals surface area (Å²) >= 11 is 0. The van der Waals surface area contributed by atoms with Crippen LogP contribution in [0.3, 0.4) is 0 Å². The Hall–Kier alpha value is -3.32. The van der Waals surface area contributed by atoms with Gasteiger partial charge in [-0.3, -0.25) is 14.4 Å². The Labute approximate surface area is 209 Å². The molecule has 1 aliphatic rings. The van der Waals surface area contributed by atoms with Crippen molar-refractivity contribution in [3.8, 4) is 0 Å². The van der Waals surface area contributed by atoms with Crippen molar-refractivity contribution in [3.63, 3.8) is 0 Å². The van der Waals surface area contributed by atoms with Crippen LogP contribution in [0.2, 0.25) is 0 Å². The Morgan fingerprint density at radius 2 is 2.06 bits per heavy atom. The second kappa shape index (κ2) is 12.4. The van der Waals surface area contributed by atoms with Crippen LogP contribution in [0.5, 0.6) is 0 Å². The number of nitrogens with one attached hydrogen (secondary N) is 1. The minimum Gasteiger partial charge on any atom is -0.483 e. The molecule has 7 heteroatoms. The second-order valence-corrected chi connectivity index (χ2v) is 9.26. The number of benzene rings is 2. The third-order valence-electron chi connectivity index (χ3n) is 7.16. The van der Waals surface area contributed by atoms with Gasteiger partial charge in [0.15, 0.2) is 0 Å². The van der Waals surface area contributed by atoms with Gasteiger partial charge >= 0.3 is 0 Å². The van der Waals surface area contributed by atoms with Crippen molar-refractivity contribution in [2.75, 3.05) is 31.2 Å². The Morgan fingerprint density at radius 1 is 1.29 bits per heavy atom. The summed E-state index contributed by atoms with van der Waals surface area (Å²) < 4.78 is 2.13. The Kier molecular flexibility index (Phi) is 9.32. The number of anilines is 2. The highest BCUT2D eigenvalue weighted by Crippen LogP contribution is 2.36. The van der Waals surface area contributed by atoms with Crippen LogP contribution in [0.15, 0.2) is 48.8 Å². The number of aryl methyl sites for hydroxylation is 1. The van der Waals surface area contributed by atoms with Gasteiger partial charge in [-0.1, -0.05) is 31.2 Å². The molecule has 0 amide bonds. The van der Waals surface area contributed by atoms with Crippen molar-refractivity contribution in [1.82, 2.24) is 14.7 Å². The molecule has 0 radical (unpaired) electrons. The van der Waals surface area contributed by atoms with Gasteiger partial charge in [0.1, 0.15) is 0 Å². The van der Waals surface area contributed by atoms with Crippen molar-refractivity contribution in [3.05, 3.63) is 76.6 Å². The summed E-state index contributed by atoms with van der Waals surface area (Å²) in [4.78, 5) is 11.0. The van der Waals surface area contributed by atoms with Gasteiger partial charge in [0.05, 0.1) is 17.4 Å². The normalized spacial score (nSPS) is 16.7. The SMILES string of the molecule is CCC(c1ccc(C)c(CN2CCCC(n3cccn3)C2)c1)c1ccc(NC)c(N)c1C.O=CO. The van der Waals surface area contributed by atoms with Crippen LogP contribution in [0.4, 0.5) is 11.4 Å². The van der Waals surface area contributed by atoms with Gasteiger partial charge in [-0.25, -0.2) is 0 Å². The van der Waals surface area contributed by atoms with Gasteiger partial charge in [-0.15, -0.1) is 0 Å². The van der Waals surface area contributed by atoms with Crippen molar-refractivity contribution in [2.24, 2.45) is 0 Å². The van der Waals surface area contributed by atoms with Crippen molar-refractivity contribution in [2.45, 2.75) is 58.5 Å². The van der Waals surface area contributed by atoms with Gasteiger partial charge in [0, 0.05) is 38.4 Å². The molecule has 1 fully saturated rings. The van der Waals surface area contributed by atoms with E-state index in [9.17, 15) is 0 Å². The van der Waals surface area contributed by atoms with Crippen LogP contribution < -0.4 is 11.1 Å². The number of nitrogen functional groups attached to an aromatic ring is 1. The summed E-state index contributed by atoms with van der Waals surface area (Å²) in [6.07, 6.45) is 7.46. The first kappa shape index (κ1) is 26.3. The molecule has 7 nitrogen and oxygen atoms in total.